The summed E-state index contributed by atoms with van der Waals surface area (Å²) in [5, 5.41) is 9.95. The number of nitrogens with two attached hydrogens (primary N) is 1. The Morgan fingerprint density at radius 3 is 2.46 bits per heavy atom. The Morgan fingerprint density at radius 2 is 1.79 bits per heavy atom. The minimum Gasteiger partial charge on any atom is -0.480 e. The largest absolute Gasteiger partial charge is 0.480 e. The molecule has 28 heavy (non-hydrogen) atoms. The molecule has 8 nitrogen and oxygen atoms in total. The van der Waals surface area contributed by atoms with E-state index in [2.05, 4.69) is 34.0 Å². The molecular weight excluding hydrogens is 364 g/mol. The molecule has 1 aliphatic carbocycles. The van der Waals surface area contributed by atoms with Gasteiger partial charge in [0.1, 0.15) is 13.2 Å². The van der Waals surface area contributed by atoms with Gasteiger partial charge in [0, 0.05) is 0 Å². The normalized spacial score (nSPS) is 10.6. The van der Waals surface area contributed by atoms with Gasteiger partial charge in [-0.15, -0.1) is 0 Å². The van der Waals surface area contributed by atoms with E-state index in [1.165, 1.54) is 29.4 Å². The highest BCUT2D eigenvalue weighted by Gasteiger charge is 2.20. The van der Waals surface area contributed by atoms with Crippen LogP contribution in [0.2, 0.25) is 0 Å². The summed E-state index contributed by atoms with van der Waals surface area (Å²) in [7, 11) is 1.26. The van der Waals surface area contributed by atoms with E-state index < -0.39 is 18.0 Å². The first kappa shape index (κ1) is 20.9. The van der Waals surface area contributed by atoms with E-state index in [-0.39, 0.29) is 19.7 Å². The van der Waals surface area contributed by atoms with Crippen LogP contribution in [-0.4, -0.2) is 43.3 Å². The molecular formula is C20H22N2O6. The van der Waals surface area contributed by atoms with Crippen LogP contribution in [0, 0.1) is 0 Å². The molecule has 0 aromatic heterocycles. The van der Waals surface area contributed by atoms with Crippen molar-refractivity contribution >= 4 is 18.0 Å². The third-order valence-electron chi connectivity index (χ3n) is 4.09. The van der Waals surface area contributed by atoms with Crippen molar-refractivity contribution in [2.75, 3.05) is 20.2 Å². The molecule has 0 spiro atoms. The number of carbonyl (C=O) groups excluding carboxylic acids is 2. The topological polar surface area (TPSA) is 128 Å². The van der Waals surface area contributed by atoms with E-state index in [9.17, 15) is 14.4 Å². The summed E-state index contributed by atoms with van der Waals surface area (Å²) in [6.45, 7) is -0.308. The number of alkyl carbamates (subject to hydrolysis) is 1. The van der Waals surface area contributed by atoms with Crippen molar-refractivity contribution in [3.63, 3.8) is 0 Å². The zero-order chi connectivity index (χ0) is 20.5. The fraction of sp³-hybridized carbons (Fsp3) is 0.250. The molecule has 0 radical (unpaired) electrons. The van der Waals surface area contributed by atoms with Gasteiger partial charge >= 0.3 is 18.0 Å². The molecule has 0 bridgehead atoms. The number of methoxy groups -OCH3 is 1. The Balaban J connectivity index is 0.000000500. The van der Waals surface area contributed by atoms with Gasteiger partial charge in [0.2, 0.25) is 0 Å². The highest BCUT2D eigenvalue weighted by Crippen LogP contribution is 2.38. The first-order valence-corrected chi connectivity index (χ1v) is 8.54. The number of benzene rings is 2. The molecule has 2 aromatic carbocycles. The first-order chi connectivity index (χ1) is 13.5. The number of carboxylic acids is 1. The van der Waals surface area contributed by atoms with Crippen LogP contribution in [-0.2, 0) is 32.1 Å². The molecule has 0 fully saturated rings. The van der Waals surface area contributed by atoms with Crippen LogP contribution in [0.15, 0.2) is 42.5 Å². The number of esters is 1. The maximum Gasteiger partial charge on any atom is 0.407 e. The molecule has 0 atom stereocenters. The monoisotopic (exact) mass is 386 g/mol. The maximum absolute atomic E-state index is 11.6. The van der Waals surface area contributed by atoms with Crippen LogP contribution >= 0.6 is 0 Å². The van der Waals surface area contributed by atoms with Gasteiger partial charge in [0.15, 0.2) is 0 Å². The maximum atomic E-state index is 11.6. The number of nitrogens with one attached hydrogen (secondary N) is 1. The first-order valence-electron chi connectivity index (χ1n) is 8.54. The van der Waals surface area contributed by atoms with Crippen molar-refractivity contribution in [2.45, 2.75) is 13.0 Å². The highest BCUT2D eigenvalue weighted by molar-refractivity contribution is 5.79. The average Bonchev–Trinajstić information content (AvgIpc) is 3.10. The Kier molecular flexibility index (Phi) is 7.53. The minimum atomic E-state index is -0.968. The van der Waals surface area contributed by atoms with Crippen molar-refractivity contribution < 1.29 is 29.0 Å². The third kappa shape index (κ3) is 5.55. The van der Waals surface area contributed by atoms with Crippen molar-refractivity contribution in [1.82, 2.24) is 5.32 Å². The Bertz CT molecular complexity index is 866. The summed E-state index contributed by atoms with van der Waals surface area (Å²) in [4.78, 5) is 31.8. The van der Waals surface area contributed by atoms with Gasteiger partial charge in [-0.1, -0.05) is 42.5 Å². The molecule has 3 rings (SSSR count). The molecule has 148 valence electrons. The van der Waals surface area contributed by atoms with E-state index in [0.717, 1.165) is 12.0 Å². The van der Waals surface area contributed by atoms with Crippen LogP contribution in [0.5, 0.6) is 0 Å². The molecule has 1 amide bonds. The summed E-state index contributed by atoms with van der Waals surface area (Å²) >= 11 is 0. The van der Waals surface area contributed by atoms with Crippen LogP contribution in [0.3, 0.4) is 0 Å². The Hall–Kier alpha value is -3.39. The Morgan fingerprint density at radius 1 is 1.11 bits per heavy atom. The number of hydrogen-bond acceptors (Lipinski definition) is 6. The lowest BCUT2D eigenvalue weighted by Gasteiger charge is -2.10. The van der Waals surface area contributed by atoms with Gasteiger partial charge in [0.05, 0.1) is 13.7 Å². The minimum absolute atomic E-state index is 0.171. The lowest BCUT2D eigenvalue weighted by atomic mass is 10.0. The van der Waals surface area contributed by atoms with Gasteiger partial charge in [-0.2, -0.15) is 0 Å². The SMILES string of the molecule is COC(=O)CNC(=O)OCc1cccc2c1Cc1ccccc1-2.NCC(=O)O. The van der Waals surface area contributed by atoms with Crippen LogP contribution in [0.25, 0.3) is 11.1 Å². The number of carboxylic acid groups (broad SMARTS) is 1. The number of amides is 1. The molecule has 2 aromatic rings. The van der Waals surface area contributed by atoms with Crippen molar-refractivity contribution in [2.24, 2.45) is 5.73 Å². The number of fused-ring (bicyclic) bond motifs is 3. The molecule has 0 saturated heterocycles. The number of hydrogen-bond donors (Lipinski definition) is 3. The fourth-order valence-corrected chi connectivity index (χ4v) is 2.77. The van der Waals surface area contributed by atoms with Crippen molar-refractivity contribution in [3.8, 4) is 11.1 Å². The standard InChI is InChI=1S/C18H17NO4.C2H5NO2/c1-22-17(20)10-19-18(21)23-11-13-6-4-8-15-14-7-3-2-5-12(14)9-16(13)15;3-1-2(4)5/h2-8H,9-11H2,1H3,(H,19,21);1,3H2,(H,4,5). The van der Waals surface area contributed by atoms with Crippen molar-refractivity contribution in [3.05, 3.63) is 59.2 Å². The second kappa shape index (κ2) is 10.1. The molecule has 0 aliphatic heterocycles. The van der Waals surface area contributed by atoms with E-state index in [0.29, 0.717) is 0 Å². The summed E-state index contributed by atoms with van der Waals surface area (Å²) < 4.78 is 9.64. The zero-order valence-corrected chi connectivity index (χ0v) is 15.4. The van der Waals surface area contributed by atoms with E-state index in [4.69, 9.17) is 9.84 Å². The van der Waals surface area contributed by atoms with Crippen LogP contribution in [0.4, 0.5) is 4.79 Å². The molecule has 0 saturated carbocycles. The molecule has 0 heterocycles. The number of carbonyl (C=O) groups is 3. The van der Waals surface area contributed by atoms with Gasteiger partial charge in [-0.3, -0.25) is 9.59 Å². The van der Waals surface area contributed by atoms with E-state index in [1.807, 2.05) is 24.3 Å². The summed E-state index contributed by atoms with van der Waals surface area (Å²) in [5.41, 5.74) is 10.4. The lowest BCUT2D eigenvalue weighted by Crippen LogP contribution is -2.30. The van der Waals surface area contributed by atoms with Crippen molar-refractivity contribution in [1.29, 1.82) is 0 Å². The number of rotatable bonds is 5. The predicted molar refractivity (Wildman–Crippen MR) is 102 cm³/mol. The molecule has 0 unspecified atom stereocenters. The van der Waals surface area contributed by atoms with E-state index in [1.54, 1.807) is 0 Å². The average molecular weight is 386 g/mol. The summed E-state index contributed by atoms with van der Waals surface area (Å²) in [5.74, 6) is -1.48. The van der Waals surface area contributed by atoms with Gasteiger partial charge in [-0.05, 0) is 34.2 Å². The predicted octanol–water partition coefficient (Wildman–Crippen LogP) is 1.69. The molecule has 8 heteroatoms. The number of aliphatic carboxylic acids is 1. The van der Waals surface area contributed by atoms with Crippen LogP contribution in [0.1, 0.15) is 16.7 Å². The van der Waals surface area contributed by atoms with Gasteiger partial charge < -0.3 is 25.6 Å². The second-order valence-electron chi connectivity index (χ2n) is 5.88. The zero-order valence-electron chi connectivity index (χ0n) is 15.4. The lowest BCUT2D eigenvalue weighted by molar-refractivity contribution is -0.139. The fourth-order valence-electron chi connectivity index (χ4n) is 2.77. The second-order valence-corrected chi connectivity index (χ2v) is 5.88. The van der Waals surface area contributed by atoms with Gasteiger partial charge in [-0.25, -0.2) is 4.79 Å². The highest BCUT2D eigenvalue weighted by atomic mass is 16.6. The number of ether oxygens (including phenoxy) is 2. The van der Waals surface area contributed by atoms with Gasteiger partial charge in [0.25, 0.3) is 0 Å². The Labute approximate surface area is 162 Å². The smallest absolute Gasteiger partial charge is 0.407 e. The quantitative estimate of drug-likeness (QED) is 0.569. The third-order valence-corrected chi connectivity index (χ3v) is 4.09. The van der Waals surface area contributed by atoms with Crippen LogP contribution < -0.4 is 11.1 Å². The molecule has 4 N–H and O–H groups in total. The summed E-state index contributed by atoms with van der Waals surface area (Å²) in [6.07, 6.45) is 0.206. The summed E-state index contributed by atoms with van der Waals surface area (Å²) in [6, 6.07) is 14.3. The molecule has 1 aliphatic rings. The van der Waals surface area contributed by atoms with E-state index >= 15 is 0 Å².